The van der Waals surface area contributed by atoms with Gasteiger partial charge in [-0.3, -0.25) is 0 Å². The van der Waals surface area contributed by atoms with Crippen molar-refractivity contribution in [2.45, 2.75) is 44.9 Å². The number of phenolic OH excluding ortho intramolecular Hbond substituents is 1. The average molecular weight is 393 g/mol. The van der Waals surface area contributed by atoms with Gasteiger partial charge in [-0.05, 0) is 49.9 Å². The molecule has 0 unspecified atom stereocenters. The summed E-state index contributed by atoms with van der Waals surface area (Å²) in [4.78, 5) is 2.12. The maximum atomic E-state index is 12.9. The Balaban J connectivity index is 1.62. The monoisotopic (exact) mass is 393 g/mol. The van der Waals surface area contributed by atoms with Crippen LogP contribution in [0.3, 0.4) is 0 Å². The lowest BCUT2D eigenvalue weighted by atomic mass is 9.99. The Morgan fingerprint density at radius 2 is 1.96 bits per heavy atom. The number of rotatable bonds is 3. The number of halogens is 3. The van der Waals surface area contributed by atoms with Gasteiger partial charge in [-0.2, -0.15) is 13.2 Å². The summed E-state index contributed by atoms with van der Waals surface area (Å²) < 4.78 is 38.8. The molecule has 0 saturated heterocycles. The maximum absolute atomic E-state index is 12.9. The molecule has 2 heterocycles. The van der Waals surface area contributed by atoms with Crippen LogP contribution < -0.4 is 4.90 Å². The molecule has 1 aromatic heterocycles. The molecule has 4 rings (SSSR count). The second-order valence-corrected chi connectivity index (χ2v) is 7.72. The molecular formula is C20H22F3N3O2. The van der Waals surface area contributed by atoms with Crippen molar-refractivity contribution in [3.63, 3.8) is 0 Å². The van der Waals surface area contributed by atoms with E-state index in [0.29, 0.717) is 11.3 Å². The summed E-state index contributed by atoms with van der Waals surface area (Å²) in [5, 5.41) is 28.7. The molecule has 1 aliphatic carbocycles. The Bertz CT molecular complexity index is 878. The number of aliphatic hydroxyl groups is 1. The van der Waals surface area contributed by atoms with E-state index < -0.39 is 17.5 Å². The molecule has 0 amide bonds. The molecule has 5 nitrogen and oxygen atoms in total. The number of aliphatic hydroxyl groups excluding tert-OH is 1. The van der Waals surface area contributed by atoms with E-state index in [1.54, 1.807) is 6.07 Å². The van der Waals surface area contributed by atoms with Crippen LogP contribution in [-0.2, 0) is 12.6 Å². The van der Waals surface area contributed by atoms with Gasteiger partial charge in [-0.1, -0.05) is 6.42 Å². The maximum Gasteiger partial charge on any atom is 0.416 e. The molecule has 2 N–H and O–H groups in total. The first kappa shape index (κ1) is 19.0. The molecule has 1 saturated carbocycles. The first-order valence-corrected chi connectivity index (χ1v) is 9.45. The minimum Gasteiger partial charge on any atom is -0.507 e. The van der Waals surface area contributed by atoms with Crippen molar-refractivity contribution in [2.75, 3.05) is 18.0 Å². The molecule has 2 aromatic rings. The molecule has 150 valence electrons. The van der Waals surface area contributed by atoms with Crippen LogP contribution in [-0.4, -0.2) is 39.6 Å². The number of alkyl halides is 3. The molecule has 28 heavy (non-hydrogen) atoms. The number of aromatic nitrogens is 2. The van der Waals surface area contributed by atoms with Gasteiger partial charge in [0, 0.05) is 30.1 Å². The Morgan fingerprint density at radius 1 is 1.18 bits per heavy atom. The van der Waals surface area contributed by atoms with Crippen molar-refractivity contribution in [3.05, 3.63) is 34.9 Å². The van der Waals surface area contributed by atoms with Crippen molar-refractivity contribution in [3.8, 4) is 17.0 Å². The van der Waals surface area contributed by atoms with Crippen LogP contribution >= 0.6 is 0 Å². The van der Waals surface area contributed by atoms with E-state index in [-0.39, 0.29) is 17.6 Å². The first-order chi connectivity index (χ1) is 13.2. The van der Waals surface area contributed by atoms with E-state index in [4.69, 9.17) is 0 Å². The molecule has 8 heteroatoms. The number of aryl methyl sites for hydroxylation is 1. The number of anilines is 1. The van der Waals surface area contributed by atoms with Gasteiger partial charge in [0.2, 0.25) is 0 Å². The summed E-state index contributed by atoms with van der Waals surface area (Å²) in [7, 11) is 0. The quantitative estimate of drug-likeness (QED) is 0.832. The van der Waals surface area contributed by atoms with Gasteiger partial charge in [0.25, 0.3) is 0 Å². The number of fused-ring (bicyclic) bond motifs is 1. The average Bonchev–Trinajstić information content (AvgIpc) is 3.20. The van der Waals surface area contributed by atoms with Gasteiger partial charge < -0.3 is 15.1 Å². The van der Waals surface area contributed by atoms with Crippen LogP contribution in [0.1, 0.15) is 36.0 Å². The van der Waals surface area contributed by atoms with Gasteiger partial charge in [-0.15, -0.1) is 10.2 Å². The molecule has 1 aromatic carbocycles. The largest absolute Gasteiger partial charge is 0.507 e. The Labute approximate surface area is 160 Å². The fourth-order valence-electron chi connectivity index (χ4n) is 4.31. The molecule has 2 aliphatic rings. The standard InChI is InChI=1S/C20H22F3N3O2/c1-11-7-14(20(21,22)23)9-17(28)18(11)15-8-12-5-6-26(19(12)25-24-15)10-13-3-2-4-16(13)27/h7-9,13,16,27-28H,2-6,10H2,1H3/t13-,16-/m0/s1. The molecule has 0 radical (unpaired) electrons. The van der Waals surface area contributed by atoms with Crippen LogP contribution in [0.4, 0.5) is 19.0 Å². The highest BCUT2D eigenvalue weighted by Gasteiger charge is 2.33. The highest BCUT2D eigenvalue weighted by atomic mass is 19.4. The lowest BCUT2D eigenvalue weighted by Gasteiger charge is -2.24. The summed E-state index contributed by atoms with van der Waals surface area (Å²) in [6.45, 7) is 3.02. The van der Waals surface area contributed by atoms with E-state index in [0.717, 1.165) is 62.3 Å². The minimum absolute atomic E-state index is 0.230. The fourth-order valence-corrected chi connectivity index (χ4v) is 4.31. The first-order valence-electron chi connectivity index (χ1n) is 9.45. The smallest absolute Gasteiger partial charge is 0.416 e. The molecule has 2 atom stereocenters. The SMILES string of the molecule is Cc1cc(C(F)(F)F)cc(O)c1-c1cc2c(nn1)N(C[C@@H]1CCC[C@@H]1O)CC2. The molecule has 1 fully saturated rings. The van der Waals surface area contributed by atoms with Crippen molar-refractivity contribution < 1.29 is 23.4 Å². The minimum atomic E-state index is -4.52. The number of aromatic hydroxyl groups is 1. The lowest BCUT2D eigenvalue weighted by molar-refractivity contribution is -0.137. The number of phenols is 1. The third kappa shape index (κ3) is 3.41. The van der Waals surface area contributed by atoms with Crippen molar-refractivity contribution in [2.24, 2.45) is 5.92 Å². The molecule has 0 bridgehead atoms. The summed E-state index contributed by atoms with van der Waals surface area (Å²) >= 11 is 0. The Hall–Kier alpha value is -2.35. The highest BCUT2D eigenvalue weighted by molar-refractivity contribution is 5.73. The Morgan fingerprint density at radius 3 is 2.61 bits per heavy atom. The zero-order valence-electron chi connectivity index (χ0n) is 15.5. The van der Waals surface area contributed by atoms with E-state index in [2.05, 4.69) is 15.1 Å². The van der Waals surface area contributed by atoms with Gasteiger partial charge in [-0.25, -0.2) is 0 Å². The van der Waals surface area contributed by atoms with E-state index in [9.17, 15) is 23.4 Å². The number of hydrogen-bond acceptors (Lipinski definition) is 5. The van der Waals surface area contributed by atoms with Crippen LogP contribution in [0.2, 0.25) is 0 Å². The zero-order valence-corrected chi connectivity index (χ0v) is 15.5. The summed E-state index contributed by atoms with van der Waals surface area (Å²) in [6.07, 6.45) is -1.18. The normalized spacial score (nSPS) is 22.0. The van der Waals surface area contributed by atoms with Crippen LogP contribution in [0, 0.1) is 12.8 Å². The van der Waals surface area contributed by atoms with Crippen molar-refractivity contribution in [1.29, 1.82) is 0 Å². The number of benzene rings is 1. The topological polar surface area (TPSA) is 69.5 Å². The van der Waals surface area contributed by atoms with E-state index in [1.165, 1.54) is 6.92 Å². The van der Waals surface area contributed by atoms with Crippen LogP contribution in [0.25, 0.3) is 11.3 Å². The third-order valence-corrected chi connectivity index (χ3v) is 5.77. The van der Waals surface area contributed by atoms with Crippen molar-refractivity contribution in [1.82, 2.24) is 10.2 Å². The fraction of sp³-hybridized carbons (Fsp3) is 0.500. The van der Waals surface area contributed by atoms with Crippen LogP contribution in [0.5, 0.6) is 5.75 Å². The van der Waals surface area contributed by atoms with E-state index in [1.807, 2.05) is 0 Å². The number of hydrogen-bond donors (Lipinski definition) is 2. The third-order valence-electron chi connectivity index (χ3n) is 5.77. The second-order valence-electron chi connectivity index (χ2n) is 7.72. The predicted octanol–water partition coefficient (Wildman–Crippen LogP) is 3.70. The van der Waals surface area contributed by atoms with Gasteiger partial charge in [0.15, 0.2) is 5.82 Å². The number of nitrogens with zero attached hydrogens (tertiary/aromatic N) is 3. The summed E-state index contributed by atoms with van der Waals surface area (Å²) in [5.74, 6) is 0.533. The van der Waals surface area contributed by atoms with Gasteiger partial charge in [0.05, 0.1) is 17.4 Å². The van der Waals surface area contributed by atoms with Crippen LogP contribution in [0.15, 0.2) is 18.2 Å². The zero-order chi connectivity index (χ0) is 20.1. The van der Waals surface area contributed by atoms with Crippen molar-refractivity contribution >= 4 is 5.82 Å². The Kier molecular flexibility index (Phi) is 4.69. The van der Waals surface area contributed by atoms with Gasteiger partial charge >= 0.3 is 6.18 Å². The molecule has 0 spiro atoms. The highest BCUT2D eigenvalue weighted by Crippen LogP contribution is 2.40. The predicted molar refractivity (Wildman–Crippen MR) is 98.1 cm³/mol. The summed E-state index contributed by atoms with van der Waals surface area (Å²) in [6, 6.07) is 3.53. The summed E-state index contributed by atoms with van der Waals surface area (Å²) in [5.41, 5.74) is 1.00. The molecular weight excluding hydrogens is 371 g/mol. The van der Waals surface area contributed by atoms with E-state index >= 15 is 0 Å². The second kappa shape index (κ2) is 6.92. The lowest BCUT2D eigenvalue weighted by Crippen LogP contribution is -2.32. The molecule has 1 aliphatic heterocycles. The van der Waals surface area contributed by atoms with Gasteiger partial charge in [0.1, 0.15) is 5.75 Å².